The molecule has 0 aliphatic carbocycles. The van der Waals surface area contributed by atoms with Crippen LogP contribution in [0.5, 0.6) is 0 Å². The third-order valence-electron chi connectivity index (χ3n) is 1.77. The Morgan fingerprint density at radius 2 is 2.12 bits per heavy atom. The first-order valence-electron chi connectivity index (χ1n) is 4.07. The van der Waals surface area contributed by atoms with Gasteiger partial charge >= 0.3 is 12.1 Å². The Balaban J connectivity index is 3.29. The molecule has 0 bridgehead atoms. The predicted octanol–water partition coefficient (Wildman–Crippen LogP) is 1.18. The highest BCUT2D eigenvalue weighted by atomic mass is 32.2. The average molecular weight is 268 g/mol. The minimum absolute atomic E-state index is 0.348. The zero-order valence-corrected chi connectivity index (χ0v) is 8.84. The van der Waals surface area contributed by atoms with Crippen LogP contribution in [0, 0.1) is 0 Å². The summed E-state index contributed by atoms with van der Waals surface area (Å²) in [5.74, 6) is -2.42. The van der Waals surface area contributed by atoms with Gasteiger partial charge in [0.15, 0.2) is 5.69 Å². The Morgan fingerprint density at radius 1 is 1.53 bits per heavy atom. The quantitative estimate of drug-likeness (QED) is 0.831. The number of carbonyl (C=O) groups is 1. The zero-order valence-electron chi connectivity index (χ0n) is 8.02. The van der Waals surface area contributed by atoms with E-state index in [0.717, 1.165) is 0 Å². The van der Waals surface area contributed by atoms with E-state index in [2.05, 4.69) is 4.98 Å². The van der Waals surface area contributed by atoms with Crippen molar-refractivity contribution in [2.45, 2.75) is 11.9 Å². The van der Waals surface area contributed by atoms with Gasteiger partial charge in [-0.15, -0.1) is 0 Å². The van der Waals surface area contributed by atoms with Gasteiger partial charge in [0.05, 0.1) is 5.56 Å². The Labute approximate surface area is 95.6 Å². The number of carboxylic acids is 1. The summed E-state index contributed by atoms with van der Waals surface area (Å²) in [7, 11) is 0. The Morgan fingerprint density at radius 3 is 2.53 bits per heavy atom. The minimum atomic E-state index is -4.71. The topological polar surface area (TPSA) is 90.3 Å². The maximum absolute atomic E-state index is 12.3. The van der Waals surface area contributed by atoms with Crippen LogP contribution in [0.2, 0.25) is 0 Å². The molecule has 1 heterocycles. The number of carboxylic acid groups (broad SMARTS) is 1. The van der Waals surface area contributed by atoms with Crippen molar-refractivity contribution in [2.24, 2.45) is 0 Å². The second-order valence-corrected chi connectivity index (χ2v) is 3.88. The first-order valence-corrected chi connectivity index (χ1v) is 5.31. The zero-order chi connectivity index (χ0) is 13.2. The van der Waals surface area contributed by atoms with Crippen LogP contribution >= 0.6 is 0 Å². The van der Waals surface area contributed by atoms with Gasteiger partial charge in [-0.2, -0.15) is 13.2 Å². The Kier molecular flexibility index (Phi) is 3.83. The molecule has 1 rings (SSSR count). The molecule has 0 radical (unpaired) electrons. The first kappa shape index (κ1) is 13.6. The fourth-order valence-electron chi connectivity index (χ4n) is 1.09. The summed E-state index contributed by atoms with van der Waals surface area (Å²) < 4.78 is 57.7. The van der Waals surface area contributed by atoms with Gasteiger partial charge in [-0.25, -0.2) is 9.78 Å². The number of nitrogens with zero attached hydrogens (tertiary/aromatic N) is 1. The van der Waals surface area contributed by atoms with Crippen LogP contribution < -0.4 is 0 Å². The second-order valence-electron chi connectivity index (χ2n) is 2.98. The van der Waals surface area contributed by atoms with Crippen LogP contribution in [0.4, 0.5) is 13.2 Å². The van der Waals surface area contributed by atoms with E-state index in [1.807, 2.05) is 0 Å². The first-order chi connectivity index (χ1) is 7.71. The maximum atomic E-state index is 12.3. The van der Waals surface area contributed by atoms with Crippen molar-refractivity contribution in [3.8, 4) is 0 Å². The lowest BCUT2D eigenvalue weighted by atomic mass is 10.1. The van der Waals surface area contributed by atoms with Crippen LogP contribution in [0.3, 0.4) is 0 Å². The Bertz CT molecular complexity index is 474. The molecule has 0 aromatic carbocycles. The third kappa shape index (κ3) is 3.49. The molecule has 0 spiro atoms. The number of pyridine rings is 1. The van der Waals surface area contributed by atoms with E-state index in [1.165, 1.54) is 0 Å². The molecular formula is C8H5F3NO4S-. The lowest BCUT2D eigenvalue weighted by Gasteiger charge is -2.11. The van der Waals surface area contributed by atoms with Crippen molar-refractivity contribution < 1.29 is 31.8 Å². The molecule has 0 aliphatic heterocycles. The van der Waals surface area contributed by atoms with Crippen molar-refractivity contribution in [3.05, 3.63) is 29.1 Å². The predicted molar refractivity (Wildman–Crippen MR) is 48.8 cm³/mol. The highest BCUT2D eigenvalue weighted by Gasteiger charge is 2.32. The van der Waals surface area contributed by atoms with E-state index in [-0.39, 0.29) is 0 Å². The number of alkyl halides is 3. The molecule has 1 atom stereocenters. The minimum Gasteiger partial charge on any atom is -0.772 e. The molecule has 0 saturated carbocycles. The normalized spacial score (nSPS) is 13.4. The van der Waals surface area contributed by atoms with Gasteiger partial charge in [0.25, 0.3) is 0 Å². The molecule has 0 saturated heterocycles. The van der Waals surface area contributed by atoms with Crippen LogP contribution in [-0.4, -0.2) is 24.8 Å². The van der Waals surface area contributed by atoms with Crippen LogP contribution in [0.15, 0.2) is 12.3 Å². The molecule has 9 heteroatoms. The second kappa shape index (κ2) is 4.80. The van der Waals surface area contributed by atoms with Crippen molar-refractivity contribution >= 4 is 17.0 Å². The van der Waals surface area contributed by atoms with Crippen molar-refractivity contribution in [1.82, 2.24) is 4.98 Å². The van der Waals surface area contributed by atoms with E-state index in [0.29, 0.717) is 12.3 Å². The van der Waals surface area contributed by atoms with E-state index >= 15 is 0 Å². The van der Waals surface area contributed by atoms with Crippen molar-refractivity contribution in [1.29, 1.82) is 0 Å². The fraction of sp³-hybridized carbons (Fsp3) is 0.250. The van der Waals surface area contributed by atoms with Gasteiger partial charge in [-0.1, -0.05) is 11.1 Å². The van der Waals surface area contributed by atoms with Crippen LogP contribution in [-0.2, 0) is 23.0 Å². The lowest BCUT2D eigenvalue weighted by Crippen LogP contribution is -2.12. The van der Waals surface area contributed by atoms with Crippen LogP contribution in [0.25, 0.3) is 0 Å². The van der Waals surface area contributed by atoms with Gasteiger partial charge in [-0.05, 0) is 11.6 Å². The summed E-state index contributed by atoms with van der Waals surface area (Å²) >= 11 is -2.70. The number of aromatic nitrogens is 1. The maximum Gasteiger partial charge on any atom is 0.417 e. The summed E-state index contributed by atoms with van der Waals surface area (Å²) in [6.07, 6.45) is -4.36. The van der Waals surface area contributed by atoms with E-state index in [9.17, 15) is 26.7 Å². The number of aromatic carboxylic acids is 1. The summed E-state index contributed by atoms with van der Waals surface area (Å²) in [6.45, 7) is 0. The summed E-state index contributed by atoms with van der Waals surface area (Å²) in [4.78, 5) is 13.7. The van der Waals surface area contributed by atoms with Crippen molar-refractivity contribution in [2.75, 3.05) is 0 Å². The van der Waals surface area contributed by atoms with E-state index in [4.69, 9.17) is 5.11 Å². The molecule has 1 aromatic heterocycles. The van der Waals surface area contributed by atoms with Gasteiger partial charge in [0.2, 0.25) is 0 Å². The van der Waals surface area contributed by atoms with E-state index in [1.54, 1.807) is 0 Å². The lowest BCUT2D eigenvalue weighted by molar-refractivity contribution is -0.137. The van der Waals surface area contributed by atoms with E-state index < -0.39 is 45.8 Å². The van der Waals surface area contributed by atoms with Gasteiger partial charge < -0.3 is 9.66 Å². The smallest absolute Gasteiger partial charge is 0.417 e. The molecule has 0 aliphatic rings. The number of hydrogen-bond acceptors (Lipinski definition) is 4. The van der Waals surface area contributed by atoms with Gasteiger partial charge in [0, 0.05) is 11.9 Å². The van der Waals surface area contributed by atoms with Gasteiger partial charge in [0.1, 0.15) is 0 Å². The molecule has 1 aromatic rings. The number of hydrogen-bond donors (Lipinski definition) is 1. The third-order valence-corrected chi connectivity index (χ3v) is 2.32. The molecule has 0 fully saturated rings. The molecular weight excluding hydrogens is 263 g/mol. The van der Waals surface area contributed by atoms with Crippen molar-refractivity contribution in [3.63, 3.8) is 0 Å². The standard InChI is InChI=1S/C8H6F3NO4S/c9-8(10,11)5-1-4(3-17(15)16)6(7(13)14)12-2-5/h1-2H,3H2,(H,13,14)(H,15,16)/p-1. The largest absolute Gasteiger partial charge is 0.772 e. The molecule has 17 heavy (non-hydrogen) atoms. The monoisotopic (exact) mass is 268 g/mol. The number of rotatable bonds is 3. The summed E-state index contributed by atoms with van der Waals surface area (Å²) in [6, 6.07) is 0.465. The molecule has 0 amide bonds. The highest BCUT2D eigenvalue weighted by Crippen LogP contribution is 2.29. The molecule has 1 unspecified atom stereocenters. The SMILES string of the molecule is O=C(O)c1ncc(C(F)(F)F)cc1CS(=O)[O-]. The molecule has 94 valence electrons. The fourth-order valence-corrected chi connectivity index (χ4v) is 1.57. The highest BCUT2D eigenvalue weighted by molar-refractivity contribution is 7.78. The number of halogens is 3. The molecule has 5 nitrogen and oxygen atoms in total. The summed E-state index contributed by atoms with van der Waals surface area (Å²) in [5.41, 5.74) is -2.40. The average Bonchev–Trinajstić information content (AvgIpc) is 2.14. The summed E-state index contributed by atoms with van der Waals surface area (Å²) in [5, 5.41) is 8.63. The van der Waals surface area contributed by atoms with Crippen LogP contribution in [0.1, 0.15) is 21.6 Å². The van der Waals surface area contributed by atoms with Gasteiger partial charge in [-0.3, -0.25) is 4.21 Å². The Hall–Kier alpha value is -1.48. The molecule has 1 N–H and O–H groups in total.